The maximum absolute atomic E-state index is 12.7. The van der Waals surface area contributed by atoms with Gasteiger partial charge in [0.25, 0.3) is 11.5 Å². The van der Waals surface area contributed by atoms with Gasteiger partial charge in [0.05, 0.1) is 5.39 Å². The first-order chi connectivity index (χ1) is 12.1. The third-order valence-electron chi connectivity index (χ3n) is 5.00. The zero-order chi connectivity index (χ0) is 17.4. The van der Waals surface area contributed by atoms with Crippen molar-refractivity contribution >= 4 is 16.7 Å². The van der Waals surface area contributed by atoms with Gasteiger partial charge in [-0.05, 0) is 24.5 Å². The van der Waals surface area contributed by atoms with Gasteiger partial charge >= 0.3 is 0 Å². The van der Waals surface area contributed by atoms with E-state index < -0.39 is 0 Å². The van der Waals surface area contributed by atoms with E-state index in [1.807, 2.05) is 24.3 Å². The van der Waals surface area contributed by atoms with Crippen LogP contribution >= 0.6 is 0 Å². The minimum atomic E-state index is -0.242. The van der Waals surface area contributed by atoms with Gasteiger partial charge in [-0.1, -0.05) is 48.5 Å². The van der Waals surface area contributed by atoms with Crippen LogP contribution in [0.25, 0.3) is 10.8 Å². The number of nitrogens with zero attached hydrogens (tertiary/aromatic N) is 2. The maximum atomic E-state index is 12.7. The molecule has 1 aliphatic carbocycles. The number of carbonyl (C=O) groups excluding carboxylic acids is 1. The number of fused-ring (bicyclic) bond motifs is 1. The van der Waals surface area contributed by atoms with Crippen LogP contribution in [0, 0.1) is 0 Å². The number of hydrogen-bond acceptors (Lipinski definition) is 3. The fourth-order valence-corrected chi connectivity index (χ4v) is 3.31. The Morgan fingerprint density at radius 1 is 1.08 bits per heavy atom. The van der Waals surface area contributed by atoms with Crippen molar-refractivity contribution in [1.82, 2.24) is 15.1 Å². The molecule has 4 rings (SSSR count). The number of aromatic nitrogens is 2. The zero-order valence-corrected chi connectivity index (χ0v) is 14.0. The predicted octanol–water partition coefficient (Wildman–Crippen LogP) is 2.40. The summed E-state index contributed by atoms with van der Waals surface area (Å²) in [5.74, 6) is -0.242. The Kier molecular flexibility index (Phi) is 3.64. The third-order valence-corrected chi connectivity index (χ3v) is 5.00. The summed E-state index contributed by atoms with van der Waals surface area (Å²) in [4.78, 5) is 24.9. The number of benzene rings is 2. The van der Waals surface area contributed by atoms with Gasteiger partial charge in [0, 0.05) is 24.4 Å². The van der Waals surface area contributed by atoms with Crippen molar-refractivity contribution in [1.29, 1.82) is 0 Å². The van der Waals surface area contributed by atoms with E-state index in [0.29, 0.717) is 23.0 Å². The van der Waals surface area contributed by atoms with Crippen LogP contribution in [0.3, 0.4) is 0 Å². The molecule has 25 heavy (non-hydrogen) atoms. The second kappa shape index (κ2) is 5.84. The van der Waals surface area contributed by atoms with Crippen LogP contribution in [0.15, 0.2) is 59.4 Å². The molecule has 1 aromatic heterocycles. The Hall–Kier alpha value is -2.95. The fourth-order valence-electron chi connectivity index (χ4n) is 3.31. The minimum Gasteiger partial charge on any atom is -0.350 e. The molecule has 0 saturated heterocycles. The molecule has 0 aliphatic heterocycles. The minimum absolute atomic E-state index is 0.0351. The second-order valence-corrected chi connectivity index (χ2v) is 6.65. The summed E-state index contributed by atoms with van der Waals surface area (Å²) in [5.41, 5.74) is 1.39. The summed E-state index contributed by atoms with van der Waals surface area (Å²) in [6.45, 7) is 0.578. The normalized spacial score (nSPS) is 15.1. The average molecular weight is 333 g/mol. The van der Waals surface area contributed by atoms with Crippen LogP contribution in [0.1, 0.15) is 28.9 Å². The molecule has 0 atom stereocenters. The second-order valence-electron chi connectivity index (χ2n) is 6.65. The summed E-state index contributed by atoms with van der Waals surface area (Å²) >= 11 is 0. The standard InChI is InChI=1S/C20H19N3O2/c1-23-19(25)16-10-6-5-9-15(16)17(22-23)18(24)21-13-20(11-12-20)14-7-3-2-4-8-14/h2-10H,11-13H2,1H3,(H,21,24). The summed E-state index contributed by atoms with van der Waals surface area (Å²) in [5, 5.41) is 8.31. The molecule has 1 N–H and O–H groups in total. The number of rotatable bonds is 4. The number of aryl methyl sites for hydroxylation is 1. The van der Waals surface area contributed by atoms with Crippen LogP contribution in [-0.4, -0.2) is 22.2 Å². The topological polar surface area (TPSA) is 64.0 Å². The number of hydrogen-bond donors (Lipinski definition) is 1. The Bertz CT molecular complexity index is 1000. The Morgan fingerprint density at radius 3 is 2.40 bits per heavy atom. The van der Waals surface area contributed by atoms with Crippen LogP contribution in [0.5, 0.6) is 0 Å². The van der Waals surface area contributed by atoms with Crippen LogP contribution in [-0.2, 0) is 12.5 Å². The van der Waals surface area contributed by atoms with Gasteiger partial charge in [-0.2, -0.15) is 5.10 Å². The molecule has 1 heterocycles. The van der Waals surface area contributed by atoms with E-state index in [2.05, 4.69) is 22.5 Å². The first kappa shape index (κ1) is 15.6. The summed E-state index contributed by atoms with van der Waals surface area (Å²) in [6.07, 6.45) is 2.14. The SMILES string of the molecule is Cn1nc(C(=O)NCC2(c3ccccc3)CC2)c2ccccc2c1=O. The molecule has 126 valence electrons. The molecule has 5 heteroatoms. The van der Waals surface area contributed by atoms with Crippen molar-refractivity contribution in [2.75, 3.05) is 6.54 Å². The maximum Gasteiger partial charge on any atom is 0.274 e. The highest BCUT2D eigenvalue weighted by Gasteiger charge is 2.44. The van der Waals surface area contributed by atoms with Crippen molar-refractivity contribution < 1.29 is 4.79 Å². The number of nitrogens with one attached hydrogen (secondary N) is 1. The van der Waals surface area contributed by atoms with Gasteiger partial charge in [0.15, 0.2) is 5.69 Å². The van der Waals surface area contributed by atoms with Crippen molar-refractivity contribution in [2.24, 2.45) is 7.05 Å². The van der Waals surface area contributed by atoms with Crippen molar-refractivity contribution in [3.05, 3.63) is 76.2 Å². The molecular weight excluding hydrogens is 314 g/mol. The average Bonchev–Trinajstić information content (AvgIpc) is 3.45. The largest absolute Gasteiger partial charge is 0.350 e. The van der Waals surface area contributed by atoms with Gasteiger partial charge in [-0.3, -0.25) is 9.59 Å². The molecule has 0 radical (unpaired) electrons. The fraction of sp³-hybridized carbons (Fsp3) is 0.250. The van der Waals surface area contributed by atoms with E-state index in [-0.39, 0.29) is 16.9 Å². The molecule has 0 spiro atoms. The number of amides is 1. The van der Waals surface area contributed by atoms with E-state index >= 15 is 0 Å². The summed E-state index contributed by atoms with van der Waals surface area (Å²) in [6, 6.07) is 17.4. The molecule has 0 unspecified atom stereocenters. The molecule has 0 bridgehead atoms. The lowest BCUT2D eigenvalue weighted by atomic mass is 9.96. The van der Waals surface area contributed by atoms with Crippen molar-refractivity contribution in [3.63, 3.8) is 0 Å². The lowest BCUT2D eigenvalue weighted by molar-refractivity contribution is 0.0944. The van der Waals surface area contributed by atoms with Gasteiger partial charge < -0.3 is 5.32 Å². The van der Waals surface area contributed by atoms with Gasteiger partial charge in [0.2, 0.25) is 0 Å². The van der Waals surface area contributed by atoms with Gasteiger partial charge in [0.1, 0.15) is 0 Å². The molecule has 1 amide bonds. The highest BCUT2D eigenvalue weighted by atomic mass is 16.2. The zero-order valence-electron chi connectivity index (χ0n) is 14.0. The molecular formula is C20H19N3O2. The van der Waals surface area contributed by atoms with E-state index in [1.54, 1.807) is 25.2 Å². The van der Waals surface area contributed by atoms with Crippen molar-refractivity contribution in [2.45, 2.75) is 18.3 Å². The van der Waals surface area contributed by atoms with Gasteiger partial charge in [-0.25, -0.2) is 4.68 Å². The third kappa shape index (κ3) is 2.71. The lowest BCUT2D eigenvalue weighted by Gasteiger charge is -2.17. The van der Waals surface area contributed by atoms with E-state index in [9.17, 15) is 9.59 Å². The lowest BCUT2D eigenvalue weighted by Crippen LogP contribution is -2.34. The molecule has 1 aliphatic rings. The Morgan fingerprint density at radius 2 is 1.72 bits per heavy atom. The Balaban J connectivity index is 1.62. The highest BCUT2D eigenvalue weighted by Crippen LogP contribution is 2.47. The van der Waals surface area contributed by atoms with Gasteiger partial charge in [-0.15, -0.1) is 0 Å². The predicted molar refractivity (Wildman–Crippen MR) is 96.7 cm³/mol. The Labute approximate surface area is 145 Å². The molecule has 1 saturated carbocycles. The number of carbonyl (C=O) groups is 1. The molecule has 3 aromatic rings. The van der Waals surface area contributed by atoms with E-state index in [4.69, 9.17) is 0 Å². The first-order valence-corrected chi connectivity index (χ1v) is 8.40. The summed E-state index contributed by atoms with van der Waals surface area (Å²) in [7, 11) is 1.57. The van der Waals surface area contributed by atoms with Crippen LogP contribution in [0.4, 0.5) is 0 Å². The van der Waals surface area contributed by atoms with E-state index in [0.717, 1.165) is 12.8 Å². The quantitative estimate of drug-likeness (QED) is 0.797. The summed E-state index contributed by atoms with van der Waals surface area (Å²) < 4.78 is 1.22. The molecule has 2 aromatic carbocycles. The molecule has 5 nitrogen and oxygen atoms in total. The molecule has 1 fully saturated rings. The van der Waals surface area contributed by atoms with Crippen LogP contribution in [0.2, 0.25) is 0 Å². The first-order valence-electron chi connectivity index (χ1n) is 8.40. The monoisotopic (exact) mass is 333 g/mol. The van der Waals surface area contributed by atoms with Crippen molar-refractivity contribution in [3.8, 4) is 0 Å². The highest BCUT2D eigenvalue weighted by molar-refractivity contribution is 6.04. The van der Waals surface area contributed by atoms with Crippen LogP contribution < -0.4 is 10.9 Å². The smallest absolute Gasteiger partial charge is 0.274 e. The van der Waals surface area contributed by atoms with E-state index in [1.165, 1.54) is 10.2 Å².